The Bertz CT molecular complexity index is 664. The highest BCUT2D eigenvalue weighted by molar-refractivity contribution is 7.90. The minimum atomic E-state index is -3.50. The number of carbonyl (C=O) groups excluding carboxylic acids is 1. The highest BCUT2D eigenvalue weighted by Gasteiger charge is 2.31. The maximum Gasteiger partial charge on any atom is 0.257 e. The molecule has 0 aromatic carbocycles. The largest absolute Gasteiger partial charge is 0.342 e. The highest BCUT2D eigenvalue weighted by Crippen LogP contribution is 2.19. The van der Waals surface area contributed by atoms with Crippen LogP contribution in [0.5, 0.6) is 0 Å². The number of hydrogen-bond donors (Lipinski definition) is 1. The third-order valence-corrected chi connectivity index (χ3v) is 5.24. The molecule has 0 fully saturated rings. The Morgan fingerprint density at radius 3 is 2.83 bits per heavy atom. The van der Waals surface area contributed by atoms with Crippen molar-refractivity contribution in [2.45, 2.75) is 26.3 Å². The normalized spacial score (nSPS) is 20.7. The second-order valence-corrected chi connectivity index (χ2v) is 7.99. The van der Waals surface area contributed by atoms with E-state index in [2.05, 4.69) is 4.40 Å². The Kier molecular flexibility index (Phi) is 5.26. The first kappa shape index (κ1) is 17.7. The van der Waals surface area contributed by atoms with Crippen molar-refractivity contribution in [1.82, 2.24) is 9.80 Å². The minimum absolute atomic E-state index is 0.0226. The predicted octanol–water partition coefficient (Wildman–Crippen LogP) is 0.316. The monoisotopic (exact) mass is 340 g/mol. The maximum absolute atomic E-state index is 12.6. The molecule has 0 saturated carbocycles. The molecule has 128 valence electrons. The molecule has 0 aromatic heterocycles. The Balaban J connectivity index is 2.13. The lowest BCUT2D eigenvalue weighted by atomic mass is 10.0. The van der Waals surface area contributed by atoms with E-state index in [0.717, 1.165) is 0 Å². The van der Waals surface area contributed by atoms with Crippen molar-refractivity contribution >= 4 is 21.8 Å². The van der Waals surface area contributed by atoms with Crippen LogP contribution in [0.2, 0.25) is 0 Å². The van der Waals surface area contributed by atoms with Crippen molar-refractivity contribution in [3.05, 3.63) is 23.9 Å². The summed E-state index contributed by atoms with van der Waals surface area (Å²) in [6.45, 7) is 4.91. The van der Waals surface area contributed by atoms with Crippen LogP contribution in [-0.4, -0.2) is 61.9 Å². The van der Waals surface area contributed by atoms with Crippen LogP contribution >= 0.6 is 0 Å². The molecule has 1 atom stereocenters. The number of likely N-dealkylation sites (N-methyl/N-ethyl adjacent to an activating group) is 1. The van der Waals surface area contributed by atoms with Gasteiger partial charge in [-0.25, -0.2) is 8.42 Å². The van der Waals surface area contributed by atoms with Gasteiger partial charge in [0.2, 0.25) is 0 Å². The Labute approximate surface area is 137 Å². The summed E-state index contributed by atoms with van der Waals surface area (Å²) < 4.78 is 27.2. The summed E-state index contributed by atoms with van der Waals surface area (Å²) in [5.41, 5.74) is 6.31. The van der Waals surface area contributed by atoms with E-state index in [9.17, 15) is 13.2 Å². The van der Waals surface area contributed by atoms with Gasteiger partial charge in [-0.1, -0.05) is 13.8 Å². The molecular formula is C15H24N4O3S. The molecule has 23 heavy (non-hydrogen) atoms. The topological polar surface area (TPSA) is 96.1 Å². The van der Waals surface area contributed by atoms with Gasteiger partial charge in [0.25, 0.3) is 15.9 Å². The molecule has 0 saturated heterocycles. The van der Waals surface area contributed by atoms with Crippen molar-refractivity contribution in [3.63, 3.8) is 0 Å². The lowest BCUT2D eigenvalue weighted by Gasteiger charge is -2.30. The lowest BCUT2D eigenvalue weighted by molar-refractivity contribution is -0.125. The first-order valence-electron chi connectivity index (χ1n) is 7.70. The number of sulfonamides is 1. The van der Waals surface area contributed by atoms with Crippen molar-refractivity contribution in [1.29, 1.82) is 0 Å². The summed E-state index contributed by atoms with van der Waals surface area (Å²) in [4.78, 5) is 15.9. The second-order valence-electron chi connectivity index (χ2n) is 6.24. The van der Waals surface area contributed by atoms with Crippen molar-refractivity contribution < 1.29 is 13.2 Å². The minimum Gasteiger partial charge on any atom is -0.342 e. The molecule has 2 rings (SSSR count). The van der Waals surface area contributed by atoms with Gasteiger partial charge in [-0.3, -0.25) is 4.79 Å². The van der Waals surface area contributed by atoms with Gasteiger partial charge in [0, 0.05) is 32.4 Å². The molecule has 0 aromatic rings. The van der Waals surface area contributed by atoms with E-state index in [0.29, 0.717) is 31.0 Å². The van der Waals surface area contributed by atoms with Crippen molar-refractivity contribution in [2.75, 3.05) is 25.9 Å². The zero-order valence-corrected chi connectivity index (χ0v) is 14.6. The number of amides is 1. The quantitative estimate of drug-likeness (QED) is 0.777. The van der Waals surface area contributed by atoms with Gasteiger partial charge in [0.1, 0.15) is 0 Å². The van der Waals surface area contributed by atoms with E-state index in [1.54, 1.807) is 35.2 Å². The summed E-state index contributed by atoms with van der Waals surface area (Å²) in [7, 11) is -1.81. The number of fused-ring (bicyclic) bond motifs is 1. The third-order valence-electron chi connectivity index (χ3n) is 4.09. The van der Waals surface area contributed by atoms with Gasteiger partial charge < -0.3 is 15.5 Å². The summed E-state index contributed by atoms with van der Waals surface area (Å²) in [6.07, 6.45) is 5.77. The SMILES string of the molecule is CC(C)C(N)CCN(C)C(=O)C1=CC=CN2CCS(=O)(=O)N=C12. The molecule has 0 radical (unpaired) electrons. The summed E-state index contributed by atoms with van der Waals surface area (Å²) in [6, 6.07) is 0.0226. The standard InChI is InChI=1S/C15H24N4O3S/c1-11(2)13(16)6-8-18(3)15(20)12-5-4-7-19-9-10-23(21,22)17-14(12)19/h4-5,7,11,13H,6,8-10,16H2,1-3H3. The number of nitrogens with zero attached hydrogens (tertiary/aromatic N) is 3. The number of amidine groups is 1. The average Bonchev–Trinajstić information content (AvgIpc) is 2.49. The van der Waals surface area contributed by atoms with E-state index in [1.807, 2.05) is 13.8 Å². The number of hydrogen-bond acceptors (Lipinski definition) is 5. The molecule has 2 aliphatic rings. The maximum atomic E-state index is 12.6. The van der Waals surface area contributed by atoms with Crippen LogP contribution in [0.1, 0.15) is 20.3 Å². The number of carbonyl (C=O) groups is 1. The Morgan fingerprint density at radius 1 is 1.48 bits per heavy atom. The third kappa shape index (κ3) is 4.20. The van der Waals surface area contributed by atoms with Crippen LogP contribution in [-0.2, 0) is 14.8 Å². The van der Waals surface area contributed by atoms with Crippen molar-refractivity contribution in [3.8, 4) is 0 Å². The predicted molar refractivity (Wildman–Crippen MR) is 90.2 cm³/mol. The van der Waals surface area contributed by atoms with Gasteiger partial charge in [-0.2, -0.15) is 0 Å². The van der Waals surface area contributed by atoms with E-state index in [1.165, 1.54) is 0 Å². The zero-order chi connectivity index (χ0) is 17.2. The first-order chi connectivity index (χ1) is 10.7. The number of rotatable bonds is 5. The molecule has 0 aliphatic carbocycles. The molecule has 0 spiro atoms. The lowest BCUT2D eigenvalue weighted by Crippen LogP contribution is -2.43. The molecular weight excluding hydrogens is 316 g/mol. The molecule has 8 heteroatoms. The van der Waals surface area contributed by atoms with Gasteiger partial charge in [-0.15, -0.1) is 4.40 Å². The second kappa shape index (κ2) is 6.84. The average molecular weight is 340 g/mol. The smallest absolute Gasteiger partial charge is 0.257 e. The Hall–Kier alpha value is -1.67. The molecule has 2 aliphatic heterocycles. The fourth-order valence-corrected chi connectivity index (χ4v) is 3.35. The van der Waals surface area contributed by atoms with Crippen LogP contribution in [0, 0.1) is 5.92 Å². The van der Waals surface area contributed by atoms with Crippen LogP contribution in [0.3, 0.4) is 0 Å². The van der Waals surface area contributed by atoms with Crippen molar-refractivity contribution in [2.24, 2.45) is 16.0 Å². The molecule has 2 heterocycles. The fraction of sp³-hybridized carbons (Fsp3) is 0.600. The van der Waals surface area contributed by atoms with Crippen LogP contribution in [0.4, 0.5) is 0 Å². The van der Waals surface area contributed by atoms with Gasteiger partial charge >= 0.3 is 0 Å². The molecule has 1 unspecified atom stereocenters. The molecule has 2 N–H and O–H groups in total. The van der Waals surface area contributed by atoms with E-state index in [4.69, 9.17) is 5.73 Å². The first-order valence-corrected chi connectivity index (χ1v) is 9.31. The number of nitrogens with two attached hydrogens (primary N) is 1. The van der Waals surface area contributed by atoms with Gasteiger partial charge in [0.15, 0.2) is 5.84 Å². The molecule has 7 nitrogen and oxygen atoms in total. The number of allylic oxidation sites excluding steroid dienone is 2. The summed E-state index contributed by atoms with van der Waals surface area (Å²) >= 11 is 0. The fourth-order valence-electron chi connectivity index (χ4n) is 2.37. The molecule has 0 bridgehead atoms. The summed E-state index contributed by atoms with van der Waals surface area (Å²) in [5.74, 6) is 0.273. The van der Waals surface area contributed by atoms with E-state index >= 15 is 0 Å². The Morgan fingerprint density at radius 2 is 2.17 bits per heavy atom. The van der Waals surface area contributed by atoms with Crippen LogP contribution in [0.25, 0.3) is 0 Å². The van der Waals surface area contributed by atoms with Crippen LogP contribution in [0.15, 0.2) is 28.3 Å². The summed E-state index contributed by atoms with van der Waals surface area (Å²) in [5, 5.41) is 0. The molecule has 1 amide bonds. The van der Waals surface area contributed by atoms with Crippen LogP contribution < -0.4 is 5.73 Å². The van der Waals surface area contributed by atoms with Gasteiger partial charge in [0.05, 0.1) is 11.3 Å². The van der Waals surface area contributed by atoms with E-state index in [-0.39, 0.29) is 23.5 Å². The van der Waals surface area contributed by atoms with E-state index < -0.39 is 10.0 Å². The highest BCUT2D eigenvalue weighted by atomic mass is 32.2. The van der Waals surface area contributed by atoms with Gasteiger partial charge in [-0.05, 0) is 24.5 Å². The zero-order valence-electron chi connectivity index (χ0n) is 13.8.